The maximum atomic E-state index is 13.1. The lowest BCUT2D eigenvalue weighted by atomic mass is 9.92. The SMILES string of the molecule is COc1c(O[C@@H]2O[C@H](CN=[N+]=[N-])[C@@H](O)[C@H](O)[C@H]2O)cc2c(c1OC)-c1ccc(SC)c(=O)cc1[C@@H](CNC(C)=O)CC2. The van der Waals surface area contributed by atoms with Crippen LogP contribution >= 0.6 is 11.8 Å². The number of hydrogen-bond donors (Lipinski definition) is 4. The van der Waals surface area contributed by atoms with Gasteiger partial charge in [0.15, 0.2) is 16.9 Å². The summed E-state index contributed by atoms with van der Waals surface area (Å²) in [6.45, 7) is 1.47. The van der Waals surface area contributed by atoms with E-state index in [0.717, 1.165) is 16.7 Å². The first-order chi connectivity index (χ1) is 20.1. The molecule has 2 aromatic carbocycles. The van der Waals surface area contributed by atoms with Gasteiger partial charge in [-0.25, -0.2) is 0 Å². The van der Waals surface area contributed by atoms with Crippen LogP contribution in [0.1, 0.15) is 30.4 Å². The number of amides is 1. The van der Waals surface area contributed by atoms with Gasteiger partial charge in [0.2, 0.25) is 17.9 Å². The van der Waals surface area contributed by atoms with Crippen molar-refractivity contribution < 1.29 is 39.1 Å². The Bertz CT molecular complexity index is 1440. The molecule has 0 spiro atoms. The Morgan fingerprint density at radius 3 is 2.55 bits per heavy atom. The normalized spacial score (nSPS) is 24.7. The lowest BCUT2D eigenvalue weighted by Crippen LogP contribution is -2.59. The summed E-state index contributed by atoms with van der Waals surface area (Å²) in [5.41, 5.74) is 11.5. The van der Waals surface area contributed by atoms with Crippen molar-refractivity contribution in [2.24, 2.45) is 5.11 Å². The van der Waals surface area contributed by atoms with E-state index in [9.17, 15) is 24.9 Å². The van der Waals surface area contributed by atoms with Crippen molar-refractivity contribution in [1.82, 2.24) is 5.32 Å². The summed E-state index contributed by atoms with van der Waals surface area (Å²) in [5.74, 6) is 0.252. The average molecular weight is 603 g/mol. The first-order valence-electron chi connectivity index (χ1n) is 13.3. The lowest BCUT2D eigenvalue weighted by Gasteiger charge is -2.40. The number of benzene rings is 1. The zero-order valence-electron chi connectivity index (χ0n) is 23.6. The zero-order chi connectivity index (χ0) is 30.6. The number of hydrogen-bond acceptors (Lipinski definition) is 11. The molecule has 1 saturated heterocycles. The molecule has 2 aliphatic rings. The van der Waals surface area contributed by atoms with Crippen LogP contribution in [0.25, 0.3) is 21.6 Å². The minimum Gasteiger partial charge on any atom is -0.492 e. The van der Waals surface area contributed by atoms with Crippen molar-refractivity contribution in [3.8, 4) is 28.4 Å². The van der Waals surface area contributed by atoms with E-state index in [2.05, 4.69) is 15.3 Å². The fourth-order valence-electron chi connectivity index (χ4n) is 5.37. The van der Waals surface area contributed by atoms with Crippen LogP contribution in [0.3, 0.4) is 0 Å². The number of carbonyl (C=O) groups excluding carboxylic acids is 1. The van der Waals surface area contributed by atoms with Crippen LogP contribution in [0, 0.1) is 0 Å². The van der Waals surface area contributed by atoms with Crippen molar-refractivity contribution >= 4 is 17.7 Å². The molecule has 1 aliphatic carbocycles. The Kier molecular flexibility index (Phi) is 10.2. The van der Waals surface area contributed by atoms with Gasteiger partial charge >= 0.3 is 0 Å². The minimum atomic E-state index is -1.64. The largest absolute Gasteiger partial charge is 0.492 e. The number of rotatable bonds is 9. The summed E-state index contributed by atoms with van der Waals surface area (Å²) in [6.07, 6.45) is -4.46. The third kappa shape index (κ3) is 6.28. The molecule has 14 heteroatoms. The van der Waals surface area contributed by atoms with E-state index in [0.29, 0.717) is 35.6 Å². The average Bonchev–Trinajstić information content (AvgIpc) is 3.22. The number of aliphatic hydroxyl groups excluding tert-OH is 3. The monoisotopic (exact) mass is 602 g/mol. The molecule has 4 rings (SSSR count). The van der Waals surface area contributed by atoms with Crippen molar-refractivity contribution in [2.75, 3.05) is 33.6 Å². The molecule has 1 heterocycles. The van der Waals surface area contributed by atoms with Crippen LogP contribution in [-0.4, -0.2) is 85.5 Å². The van der Waals surface area contributed by atoms with Crippen molar-refractivity contribution in [2.45, 2.75) is 61.3 Å². The highest BCUT2D eigenvalue weighted by Gasteiger charge is 2.45. The van der Waals surface area contributed by atoms with Gasteiger partial charge in [-0.1, -0.05) is 11.2 Å². The second-order valence-electron chi connectivity index (χ2n) is 9.97. The van der Waals surface area contributed by atoms with Crippen LogP contribution in [0.2, 0.25) is 0 Å². The summed E-state index contributed by atoms with van der Waals surface area (Å²) in [6, 6.07) is 6.96. The fraction of sp³-hybridized carbons (Fsp3) is 0.500. The summed E-state index contributed by atoms with van der Waals surface area (Å²) in [7, 11) is 2.89. The number of methoxy groups -OCH3 is 2. The molecular weight excluding hydrogens is 568 g/mol. The van der Waals surface area contributed by atoms with E-state index in [-0.39, 0.29) is 35.3 Å². The molecule has 1 amide bonds. The van der Waals surface area contributed by atoms with E-state index >= 15 is 0 Å². The number of nitrogens with zero attached hydrogens (tertiary/aromatic N) is 3. The molecule has 0 bridgehead atoms. The molecule has 6 atom stereocenters. The second kappa shape index (κ2) is 13.6. The van der Waals surface area contributed by atoms with Crippen LogP contribution in [0.15, 0.2) is 39.1 Å². The van der Waals surface area contributed by atoms with Gasteiger partial charge in [0, 0.05) is 29.9 Å². The van der Waals surface area contributed by atoms with Crippen molar-refractivity contribution in [3.05, 3.63) is 56.1 Å². The summed E-state index contributed by atoms with van der Waals surface area (Å²) in [5, 5.41) is 37.7. The molecule has 1 aliphatic heterocycles. The Labute approximate surface area is 246 Å². The standard InChI is InChI=1S/C28H34N4O9S/c1-13(33)30-11-15-6-5-14-9-19(40-28-25(37)24(36)23(35)20(41-28)12-31-32-29)26(38-2)27(39-3)22(14)16-7-8-21(42-4)18(34)10-17(15)16/h7-10,15,20,23-25,28,35-37H,5-6,11-12H2,1-4H3,(H,30,33)/t15-,20-,23-,24+,25-,28-/m1/s1. The van der Waals surface area contributed by atoms with Crippen molar-refractivity contribution in [3.63, 3.8) is 0 Å². The van der Waals surface area contributed by atoms with Gasteiger partial charge in [0.25, 0.3) is 0 Å². The number of nitrogens with one attached hydrogen (secondary N) is 1. The molecule has 0 unspecified atom stereocenters. The molecule has 13 nitrogen and oxygen atoms in total. The van der Waals surface area contributed by atoms with E-state index < -0.39 is 30.7 Å². The smallest absolute Gasteiger partial charge is 0.229 e. The maximum absolute atomic E-state index is 13.1. The number of aliphatic hydroxyl groups is 3. The quantitative estimate of drug-likeness (QED) is 0.143. The van der Waals surface area contributed by atoms with Gasteiger partial charge < -0.3 is 39.6 Å². The number of azide groups is 1. The van der Waals surface area contributed by atoms with Crippen LogP contribution in [0.5, 0.6) is 17.2 Å². The number of ether oxygens (including phenoxy) is 4. The van der Waals surface area contributed by atoms with Gasteiger partial charge in [-0.3, -0.25) is 9.59 Å². The second-order valence-corrected chi connectivity index (χ2v) is 10.8. The summed E-state index contributed by atoms with van der Waals surface area (Å²) >= 11 is 1.34. The van der Waals surface area contributed by atoms with Gasteiger partial charge in [0.05, 0.1) is 31.8 Å². The number of thioether (sulfide) groups is 1. The zero-order valence-corrected chi connectivity index (χ0v) is 24.5. The molecule has 0 saturated carbocycles. The maximum Gasteiger partial charge on any atom is 0.229 e. The highest BCUT2D eigenvalue weighted by atomic mass is 32.2. The topological polar surface area (TPSA) is 193 Å². The molecule has 1 fully saturated rings. The third-order valence-electron chi connectivity index (χ3n) is 7.46. The predicted octanol–water partition coefficient (Wildman–Crippen LogP) is 2.12. The molecule has 42 heavy (non-hydrogen) atoms. The molecule has 0 aromatic heterocycles. The van der Waals surface area contributed by atoms with Crippen LogP contribution in [0.4, 0.5) is 0 Å². The molecule has 4 N–H and O–H groups in total. The first kappa shape index (κ1) is 31.4. The Morgan fingerprint density at radius 1 is 1.17 bits per heavy atom. The van der Waals surface area contributed by atoms with Gasteiger partial charge in [-0.15, -0.1) is 11.8 Å². The lowest BCUT2D eigenvalue weighted by molar-refractivity contribution is -0.269. The number of aryl methyl sites for hydroxylation is 1. The van der Waals surface area contributed by atoms with E-state index in [1.165, 1.54) is 32.9 Å². The Hall–Kier alpha value is -3.52. The fourth-order valence-corrected chi connectivity index (χ4v) is 5.83. The molecule has 2 aromatic rings. The third-order valence-corrected chi connectivity index (χ3v) is 8.24. The molecule has 0 radical (unpaired) electrons. The van der Waals surface area contributed by atoms with Gasteiger partial charge in [0.1, 0.15) is 18.3 Å². The van der Waals surface area contributed by atoms with Gasteiger partial charge in [-0.05, 0) is 59.5 Å². The van der Waals surface area contributed by atoms with Crippen LogP contribution in [-0.2, 0) is 16.0 Å². The van der Waals surface area contributed by atoms with E-state index in [4.69, 9.17) is 24.5 Å². The first-order valence-corrected chi connectivity index (χ1v) is 14.5. The van der Waals surface area contributed by atoms with Gasteiger partial charge in [-0.2, -0.15) is 0 Å². The number of carbonyl (C=O) groups is 1. The summed E-state index contributed by atoms with van der Waals surface area (Å²) < 4.78 is 23.3. The predicted molar refractivity (Wildman–Crippen MR) is 154 cm³/mol. The number of fused-ring (bicyclic) bond motifs is 3. The minimum absolute atomic E-state index is 0.134. The molecule has 226 valence electrons. The van der Waals surface area contributed by atoms with E-state index in [1.54, 1.807) is 18.2 Å². The van der Waals surface area contributed by atoms with Crippen LogP contribution < -0.4 is 25.0 Å². The highest BCUT2D eigenvalue weighted by molar-refractivity contribution is 7.98. The Balaban J connectivity index is 1.85. The van der Waals surface area contributed by atoms with Crippen molar-refractivity contribution in [1.29, 1.82) is 0 Å². The van der Waals surface area contributed by atoms with E-state index in [1.807, 2.05) is 12.3 Å². The summed E-state index contributed by atoms with van der Waals surface area (Å²) in [4.78, 5) is 28.1. The highest BCUT2D eigenvalue weighted by Crippen LogP contribution is 2.51. The molecular formula is C28H34N4O9S. The Morgan fingerprint density at radius 2 is 1.90 bits per heavy atom.